The summed E-state index contributed by atoms with van der Waals surface area (Å²) in [7, 11) is 3.28. The summed E-state index contributed by atoms with van der Waals surface area (Å²) in [4.78, 5) is 11.6. The standard InChI is InChI=1S/C34H46O8/c1-7-8-31-23(2)32(42-34(3,4)41-31)21-30-20-29(39-33(40-30)25-11-15-27(37-6)16-12-25)19-28(17-18-35)38-22-24-9-13-26(36-5)14-10-24/h7,9-16,18,23,28-33H,1,8,17,19-22H2,2-6H3/t23-,28-,29+,30+,31-,32+,33+/m0/s1. The summed E-state index contributed by atoms with van der Waals surface area (Å²) in [5.41, 5.74) is 1.92. The SMILES string of the molecule is C=CC[C@@H]1OC(C)(C)O[C@H](C[C@H]2C[C@@H](C[C@H](CC=O)OCc3ccc(OC)cc3)O[C@@H](c3ccc(OC)cc3)O2)[C@H]1C. The van der Waals surface area contributed by atoms with Gasteiger partial charge in [0.2, 0.25) is 0 Å². The second-order valence-electron chi connectivity index (χ2n) is 11.6. The molecular formula is C34H46O8. The van der Waals surface area contributed by atoms with E-state index in [1.165, 1.54) is 0 Å². The Kier molecular flexibility index (Phi) is 11.6. The molecular weight excluding hydrogens is 536 g/mol. The molecule has 2 saturated heterocycles. The van der Waals surface area contributed by atoms with Gasteiger partial charge >= 0.3 is 0 Å². The molecule has 0 saturated carbocycles. The number of rotatable bonds is 14. The topological polar surface area (TPSA) is 81.7 Å². The minimum absolute atomic E-state index is 0.0209. The number of hydrogen-bond donors (Lipinski definition) is 0. The molecule has 0 spiro atoms. The second kappa shape index (κ2) is 15.1. The first kappa shape index (κ1) is 32.2. The fourth-order valence-electron chi connectivity index (χ4n) is 5.74. The van der Waals surface area contributed by atoms with E-state index in [0.717, 1.165) is 35.3 Å². The van der Waals surface area contributed by atoms with E-state index < -0.39 is 12.1 Å². The zero-order valence-electron chi connectivity index (χ0n) is 25.5. The molecule has 2 fully saturated rings. The molecule has 0 bridgehead atoms. The van der Waals surface area contributed by atoms with Crippen molar-refractivity contribution in [1.82, 2.24) is 0 Å². The average molecular weight is 583 g/mol. The van der Waals surface area contributed by atoms with Crippen LogP contribution >= 0.6 is 0 Å². The number of carbonyl (C=O) groups excluding carboxylic acids is 1. The van der Waals surface area contributed by atoms with E-state index in [0.29, 0.717) is 25.9 Å². The first-order valence-corrected chi connectivity index (χ1v) is 14.8. The van der Waals surface area contributed by atoms with Gasteiger partial charge in [-0.1, -0.05) is 37.3 Å². The van der Waals surface area contributed by atoms with Crippen molar-refractivity contribution >= 4 is 6.29 Å². The molecule has 42 heavy (non-hydrogen) atoms. The molecule has 4 rings (SSSR count). The molecule has 2 aromatic rings. The summed E-state index contributed by atoms with van der Waals surface area (Å²) in [6.07, 6.45) is 4.58. The van der Waals surface area contributed by atoms with Gasteiger partial charge in [-0.25, -0.2) is 0 Å². The Morgan fingerprint density at radius 1 is 0.952 bits per heavy atom. The van der Waals surface area contributed by atoms with Gasteiger partial charge < -0.3 is 38.0 Å². The fraction of sp³-hybridized carbons (Fsp3) is 0.559. The van der Waals surface area contributed by atoms with Gasteiger partial charge in [0, 0.05) is 37.2 Å². The quantitative estimate of drug-likeness (QED) is 0.183. The van der Waals surface area contributed by atoms with Crippen LogP contribution in [-0.2, 0) is 35.1 Å². The Hall–Kier alpha value is -2.75. The van der Waals surface area contributed by atoms with Gasteiger partial charge in [-0.15, -0.1) is 6.58 Å². The lowest BCUT2D eigenvalue weighted by atomic mass is 9.88. The fourth-order valence-corrected chi connectivity index (χ4v) is 5.74. The minimum atomic E-state index is -0.699. The van der Waals surface area contributed by atoms with Crippen LogP contribution in [0, 0.1) is 5.92 Å². The Labute approximate surface area is 250 Å². The molecule has 7 atom stereocenters. The van der Waals surface area contributed by atoms with E-state index in [4.69, 9.17) is 33.2 Å². The maximum Gasteiger partial charge on any atom is 0.184 e. The second-order valence-corrected chi connectivity index (χ2v) is 11.6. The van der Waals surface area contributed by atoms with Gasteiger partial charge in [0.25, 0.3) is 0 Å². The number of aldehydes is 1. The number of hydrogen-bond acceptors (Lipinski definition) is 8. The van der Waals surface area contributed by atoms with Gasteiger partial charge in [-0.05, 0) is 50.1 Å². The largest absolute Gasteiger partial charge is 0.497 e. The van der Waals surface area contributed by atoms with Crippen molar-refractivity contribution in [2.75, 3.05) is 14.2 Å². The van der Waals surface area contributed by atoms with Crippen molar-refractivity contribution in [3.8, 4) is 11.5 Å². The summed E-state index contributed by atoms with van der Waals surface area (Å²) in [5, 5.41) is 0. The Bertz CT molecular complexity index is 1120. The van der Waals surface area contributed by atoms with Crippen LogP contribution in [0.25, 0.3) is 0 Å². The highest BCUT2D eigenvalue weighted by Gasteiger charge is 2.43. The Morgan fingerprint density at radius 2 is 1.57 bits per heavy atom. The van der Waals surface area contributed by atoms with Crippen LogP contribution in [0.2, 0.25) is 0 Å². The maximum absolute atomic E-state index is 11.6. The molecule has 8 nitrogen and oxygen atoms in total. The lowest BCUT2D eigenvalue weighted by molar-refractivity contribution is -0.328. The summed E-state index contributed by atoms with van der Waals surface area (Å²) < 4.78 is 42.5. The van der Waals surface area contributed by atoms with Crippen molar-refractivity contribution in [2.24, 2.45) is 5.92 Å². The molecule has 0 aliphatic carbocycles. The third kappa shape index (κ3) is 8.88. The van der Waals surface area contributed by atoms with Gasteiger partial charge in [-0.2, -0.15) is 0 Å². The lowest BCUT2D eigenvalue weighted by Crippen LogP contribution is -2.51. The van der Waals surface area contributed by atoms with Crippen molar-refractivity contribution in [3.05, 3.63) is 72.3 Å². The van der Waals surface area contributed by atoms with Gasteiger partial charge in [0.05, 0.1) is 51.3 Å². The van der Waals surface area contributed by atoms with Crippen LogP contribution in [0.1, 0.15) is 70.3 Å². The molecule has 0 amide bonds. The smallest absolute Gasteiger partial charge is 0.184 e. The maximum atomic E-state index is 11.6. The van der Waals surface area contributed by atoms with Crippen LogP contribution in [0.4, 0.5) is 0 Å². The lowest BCUT2D eigenvalue weighted by Gasteiger charge is -2.46. The number of methoxy groups -OCH3 is 2. The highest BCUT2D eigenvalue weighted by atomic mass is 16.7. The Morgan fingerprint density at radius 3 is 2.19 bits per heavy atom. The van der Waals surface area contributed by atoms with Gasteiger partial charge in [0.1, 0.15) is 17.8 Å². The van der Waals surface area contributed by atoms with Crippen LogP contribution < -0.4 is 9.47 Å². The first-order valence-electron chi connectivity index (χ1n) is 14.8. The van der Waals surface area contributed by atoms with E-state index >= 15 is 0 Å². The summed E-state index contributed by atoms with van der Waals surface area (Å²) >= 11 is 0. The van der Waals surface area contributed by atoms with Crippen molar-refractivity contribution in [2.45, 2.75) is 102 Å². The van der Waals surface area contributed by atoms with Crippen molar-refractivity contribution < 1.29 is 38.0 Å². The number of ether oxygens (including phenoxy) is 7. The molecule has 0 radical (unpaired) electrons. The van der Waals surface area contributed by atoms with E-state index in [9.17, 15) is 4.79 Å². The molecule has 2 aliphatic rings. The highest BCUT2D eigenvalue weighted by Crippen LogP contribution is 2.39. The predicted octanol–water partition coefficient (Wildman–Crippen LogP) is 6.56. The predicted molar refractivity (Wildman–Crippen MR) is 159 cm³/mol. The monoisotopic (exact) mass is 582 g/mol. The average Bonchev–Trinajstić information content (AvgIpc) is 2.98. The van der Waals surface area contributed by atoms with Crippen LogP contribution in [0.5, 0.6) is 11.5 Å². The third-order valence-corrected chi connectivity index (χ3v) is 8.01. The van der Waals surface area contributed by atoms with Crippen LogP contribution in [-0.4, -0.2) is 56.8 Å². The van der Waals surface area contributed by atoms with Crippen molar-refractivity contribution in [3.63, 3.8) is 0 Å². The summed E-state index contributed by atoms with van der Waals surface area (Å²) in [6.45, 7) is 10.4. The van der Waals surface area contributed by atoms with E-state index in [2.05, 4.69) is 13.5 Å². The first-order chi connectivity index (χ1) is 20.2. The minimum Gasteiger partial charge on any atom is -0.497 e. The van der Waals surface area contributed by atoms with Crippen molar-refractivity contribution in [1.29, 1.82) is 0 Å². The van der Waals surface area contributed by atoms with Gasteiger partial charge in [0.15, 0.2) is 12.1 Å². The van der Waals surface area contributed by atoms with E-state index in [-0.39, 0.29) is 42.9 Å². The molecule has 8 heteroatoms. The molecule has 2 heterocycles. The number of benzene rings is 2. The number of carbonyl (C=O) groups is 1. The summed E-state index contributed by atoms with van der Waals surface area (Å²) in [6, 6.07) is 15.5. The zero-order chi connectivity index (χ0) is 30.1. The van der Waals surface area contributed by atoms with Gasteiger partial charge in [-0.3, -0.25) is 0 Å². The highest BCUT2D eigenvalue weighted by molar-refractivity contribution is 5.50. The zero-order valence-corrected chi connectivity index (χ0v) is 25.5. The van der Waals surface area contributed by atoms with E-state index in [1.54, 1.807) is 14.2 Å². The normalized spacial score (nSPS) is 28.0. The molecule has 230 valence electrons. The third-order valence-electron chi connectivity index (χ3n) is 8.01. The summed E-state index contributed by atoms with van der Waals surface area (Å²) in [5.74, 6) is 1.02. The molecule has 0 aromatic heterocycles. The van der Waals surface area contributed by atoms with Crippen LogP contribution in [0.15, 0.2) is 61.2 Å². The Balaban J connectivity index is 1.49. The van der Waals surface area contributed by atoms with Crippen LogP contribution in [0.3, 0.4) is 0 Å². The molecule has 0 unspecified atom stereocenters. The van der Waals surface area contributed by atoms with E-state index in [1.807, 2.05) is 68.5 Å². The molecule has 2 aromatic carbocycles. The molecule has 0 N–H and O–H groups in total. The molecule has 2 aliphatic heterocycles.